The SMILES string of the molecule is CCC1OC(=O)C(C)C(=O)C(C)[C@@H](O[C@@H]2O[C@H](C)CC(N(C)C)[C@H]2O)[C@@](C)(OC)C[C@@H](C)C(=O)[C@H](C)C2C1OC(=O)N2NCCC(C)n1cnc(-c2cccnc2)c1. The molecule has 0 spiro atoms. The predicted molar refractivity (Wildman–Crippen MR) is 213 cm³/mol. The van der Waals surface area contributed by atoms with E-state index in [9.17, 15) is 24.3 Å². The second kappa shape index (κ2) is 19.1. The first kappa shape index (κ1) is 45.3. The maximum absolute atomic E-state index is 14.6. The van der Waals surface area contributed by atoms with E-state index in [0.29, 0.717) is 19.4 Å². The minimum Gasteiger partial charge on any atom is -0.458 e. The fraction of sp³-hybridized carbons (Fsp3) is 0.714. The number of rotatable bonds is 11. The minimum atomic E-state index is -1.28. The molecule has 3 aliphatic heterocycles. The van der Waals surface area contributed by atoms with Crippen LogP contribution in [-0.2, 0) is 38.1 Å². The zero-order valence-corrected chi connectivity index (χ0v) is 35.9. The first-order valence-electron chi connectivity index (χ1n) is 20.6. The quantitative estimate of drug-likeness (QED) is 0.243. The molecular weight excluding hydrogens is 748 g/mol. The van der Waals surface area contributed by atoms with Crippen LogP contribution >= 0.6 is 0 Å². The number of aliphatic hydroxyl groups is 1. The van der Waals surface area contributed by atoms with Gasteiger partial charge < -0.3 is 38.3 Å². The van der Waals surface area contributed by atoms with Gasteiger partial charge in [0.15, 0.2) is 18.2 Å². The number of nitrogens with one attached hydrogen (secondary N) is 1. The summed E-state index contributed by atoms with van der Waals surface area (Å²) in [7, 11) is 5.22. The number of likely N-dealkylation sites (N-methyl/N-ethyl adjacent to an activating group) is 1. The number of methoxy groups -OCH3 is 1. The highest BCUT2D eigenvalue weighted by Gasteiger charge is 2.54. The van der Waals surface area contributed by atoms with Crippen molar-refractivity contribution in [1.29, 1.82) is 0 Å². The third kappa shape index (κ3) is 9.63. The van der Waals surface area contributed by atoms with Crippen molar-refractivity contribution in [3.63, 3.8) is 0 Å². The van der Waals surface area contributed by atoms with Gasteiger partial charge in [-0.05, 0) is 79.6 Å². The van der Waals surface area contributed by atoms with Crippen molar-refractivity contribution in [2.75, 3.05) is 27.7 Å². The molecule has 0 radical (unpaired) electrons. The Morgan fingerprint density at radius 1 is 1.09 bits per heavy atom. The topological polar surface area (TPSA) is 184 Å². The number of hydrogen-bond acceptors (Lipinski definition) is 14. The molecule has 2 aromatic rings. The molecule has 58 heavy (non-hydrogen) atoms. The molecule has 3 fully saturated rings. The number of hydrazine groups is 1. The normalized spacial score (nSPS) is 36.0. The van der Waals surface area contributed by atoms with E-state index in [-0.39, 0.29) is 36.8 Å². The Morgan fingerprint density at radius 2 is 1.81 bits per heavy atom. The summed E-state index contributed by atoms with van der Waals surface area (Å²) in [6.45, 7) is 14.5. The Balaban J connectivity index is 1.42. The Hall–Kier alpha value is -3.80. The van der Waals surface area contributed by atoms with Crippen LogP contribution in [0.2, 0.25) is 0 Å². The van der Waals surface area contributed by atoms with Crippen LogP contribution in [0.5, 0.6) is 0 Å². The molecule has 0 saturated carbocycles. The number of hydrogen-bond donors (Lipinski definition) is 2. The number of imidazole rings is 1. The zero-order chi connectivity index (χ0) is 42.6. The average molecular weight is 813 g/mol. The molecule has 0 aliphatic carbocycles. The van der Waals surface area contributed by atoms with Gasteiger partial charge in [0.1, 0.15) is 30.0 Å². The summed E-state index contributed by atoms with van der Waals surface area (Å²) in [5.74, 6) is -5.07. The monoisotopic (exact) mass is 812 g/mol. The van der Waals surface area contributed by atoms with Crippen molar-refractivity contribution >= 4 is 23.6 Å². The molecular formula is C42H64N6O10. The summed E-state index contributed by atoms with van der Waals surface area (Å²) in [6, 6.07) is 2.65. The van der Waals surface area contributed by atoms with Gasteiger partial charge in [-0.3, -0.25) is 19.4 Å². The average Bonchev–Trinajstić information content (AvgIpc) is 3.83. The third-order valence-electron chi connectivity index (χ3n) is 12.5. The number of amides is 1. The van der Waals surface area contributed by atoms with Crippen molar-refractivity contribution in [1.82, 2.24) is 29.9 Å². The number of esters is 1. The zero-order valence-electron chi connectivity index (χ0n) is 35.9. The number of carbonyl (C=O) groups excluding carboxylic acids is 4. The van der Waals surface area contributed by atoms with E-state index in [0.717, 1.165) is 11.3 Å². The minimum absolute atomic E-state index is 0.00679. The van der Waals surface area contributed by atoms with Gasteiger partial charge >= 0.3 is 12.1 Å². The molecule has 2 N–H and O–H groups in total. The Bertz CT molecular complexity index is 1730. The molecule has 5 heterocycles. The number of pyridine rings is 1. The van der Waals surface area contributed by atoms with Gasteiger partial charge in [0.2, 0.25) is 0 Å². The lowest BCUT2D eigenvalue weighted by molar-refractivity contribution is -0.295. The number of ether oxygens (including phenoxy) is 5. The van der Waals surface area contributed by atoms with E-state index in [1.54, 1.807) is 53.3 Å². The summed E-state index contributed by atoms with van der Waals surface area (Å²) in [6.07, 6.45) is 2.56. The van der Waals surface area contributed by atoms with Gasteiger partial charge in [0.25, 0.3) is 0 Å². The number of Topliss-reactive ketones (excluding diaryl/α,β-unsaturated/α-hetero) is 2. The molecule has 7 unspecified atom stereocenters. The number of carbonyl (C=O) groups is 4. The highest BCUT2D eigenvalue weighted by atomic mass is 16.7. The second-order valence-corrected chi connectivity index (χ2v) is 16.9. The standard InChI is InChI=1S/C42H64N6O10/c1-12-32-37-33(48(41(53)57-37)45-17-15-24(3)47-21-30(44-22-47)29-14-13-16-43-20-29)26(5)34(49)23(2)19-42(8,54-11)38(27(6)35(50)28(7)39(52)56-32)58-40-36(51)31(46(9)10)18-25(4)55-40/h13-14,16,20-28,31-33,36-38,40,45,51H,12,15,17-19H2,1-11H3/t23-,24?,25-,26-,27?,28?,31?,32?,33?,36-,37?,38-,40+,42+/m1/s1. The fourth-order valence-corrected chi connectivity index (χ4v) is 8.79. The molecule has 2 aromatic heterocycles. The first-order valence-corrected chi connectivity index (χ1v) is 20.6. The maximum Gasteiger partial charge on any atom is 0.425 e. The number of cyclic esters (lactones) is 1. The van der Waals surface area contributed by atoms with Crippen LogP contribution in [0.25, 0.3) is 11.3 Å². The van der Waals surface area contributed by atoms with Crippen LogP contribution in [0.4, 0.5) is 4.79 Å². The van der Waals surface area contributed by atoms with Gasteiger partial charge in [0, 0.05) is 67.6 Å². The number of aromatic nitrogens is 3. The van der Waals surface area contributed by atoms with Crippen LogP contribution < -0.4 is 5.43 Å². The van der Waals surface area contributed by atoms with Crippen molar-refractivity contribution in [2.24, 2.45) is 23.7 Å². The molecule has 322 valence electrons. The largest absolute Gasteiger partial charge is 0.458 e. The summed E-state index contributed by atoms with van der Waals surface area (Å²) in [5.41, 5.74) is 3.64. The fourth-order valence-electron chi connectivity index (χ4n) is 8.79. The first-order chi connectivity index (χ1) is 27.4. The second-order valence-electron chi connectivity index (χ2n) is 16.9. The number of nitrogens with zero attached hydrogens (tertiary/aromatic N) is 5. The van der Waals surface area contributed by atoms with Gasteiger partial charge in [-0.2, -0.15) is 0 Å². The van der Waals surface area contributed by atoms with E-state index in [4.69, 9.17) is 23.7 Å². The lowest BCUT2D eigenvalue weighted by Crippen LogP contribution is -2.59. The van der Waals surface area contributed by atoms with Gasteiger partial charge in [-0.15, -0.1) is 0 Å². The van der Waals surface area contributed by atoms with E-state index < -0.39 is 83.9 Å². The van der Waals surface area contributed by atoms with Crippen molar-refractivity contribution in [3.05, 3.63) is 37.1 Å². The van der Waals surface area contributed by atoms with Crippen LogP contribution in [-0.4, -0.2) is 135 Å². The lowest BCUT2D eigenvalue weighted by atomic mass is 9.75. The van der Waals surface area contributed by atoms with E-state index in [2.05, 4.69) is 15.4 Å². The molecule has 0 aromatic carbocycles. The summed E-state index contributed by atoms with van der Waals surface area (Å²) < 4.78 is 32.8. The summed E-state index contributed by atoms with van der Waals surface area (Å²) in [5, 5.41) is 12.8. The summed E-state index contributed by atoms with van der Waals surface area (Å²) >= 11 is 0. The number of fused-ring (bicyclic) bond motifs is 1. The summed E-state index contributed by atoms with van der Waals surface area (Å²) in [4.78, 5) is 67.0. The Kier molecular flexibility index (Phi) is 14.9. The Labute approximate surface area is 342 Å². The maximum atomic E-state index is 14.6. The van der Waals surface area contributed by atoms with Crippen LogP contribution in [0, 0.1) is 23.7 Å². The third-order valence-corrected chi connectivity index (χ3v) is 12.5. The van der Waals surface area contributed by atoms with E-state index >= 15 is 0 Å². The van der Waals surface area contributed by atoms with Gasteiger partial charge in [0.05, 0.1) is 29.8 Å². The van der Waals surface area contributed by atoms with Crippen molar-refractivity contribution < 1.29 is 48.0 Å². The van der Waals surface area contributed by atoms with Crippen molar-refractivity contribution in [3.8, 4) is 11.3 Å². The molecule has 16 heteroatoms. The number of aliphatic hydroxyl groups excluding tert-OH is 1. The molecule has 5 rings (SSSR count). The molecule has 0 bridgehead atoms. The van der Waals surface area contributed by atoms with Crippen LogP contribution in [0.15, 0.2) is 37.1 Å². The van der Waals surface area contributed by atoms with Crippen LogP contribution in [0.3, 0.4) is 0 Å². The highest BCUT2D eigenvalue weighted by Crippen LogP contribution is 2.39. The number of ketones is 2. The smallest absolute Gasteiger partial charge is 0.425 e. The highest BCUT2D eigenvalue weighted by molar-refractivity contribution is 6.00. The lowest BCUT2D eigenvalue weighted by Gasteiger charge is -2.46. The predicted octanol–water partition coefficient (Wildman–Crippen LogP) is 4.21. The molecule has 14 atom stereocenters. The van der Waals surface area contributed by atoms with E-state index in [1.807, 2.05) is 55.7 Å². The molecule has 3 aliphatic rings. The van der Waals surface area contributed by atoms with Gasteiger partial charge in [-0.1, -0.05) is 27.7 Å². The molecule has 16 nitrogen and oxygen atoms in total. The van der Waals surface area contributed by atoms with Gasteiger partial charge in [-0.25, -0.2) is 20.2 Å². The van der Waals surface area contributed by atoms with E-state index in [1.165, 1.54) is 19.0 Å². The van der Waals surface area contributed by atoms with Crippen LogP contribution in [0.1, 0.15) is 87.1 Å². The Morgan fingerprint density at radius 3 is 2.45 bits per heavy atom. The van der Waals surface area contributed by atoms with Crippen molar-refractivity contribution in [2.45, 2.75) is 142 Å². The molecule has 1 amide bonds. The molecule has 3 saturated heterocycles.